The number of carbonyl (C=O) groups is 2. The van der Waals surface area contributed by atoms with Crippen LogP contribution in [-0.2, 0) is 9.59 Å². The second-order valence-electron chi connectivity index (χ2n) is 5.73. The van der Waals surface area contributed by atoms with Gasteiger partial charge in [-0.25, -0.2) is 0 Å². The zero-order valence-electron chi connectivity index (χ0n) is 15.9. The van der Waals surface area contributed by atoms with Gasteiger partial charge in [0.1, 0.15) is 6.61 Å². The molecule has 0 heterocycles. The summed E-state index contributed by atoms with van der Waals surface area (Å²) in [5.74, 6) is -0.985. The van der Waals surface area contributed by atoms with Crippen molar-refractivity contribution in [3.8, 4) is 0 Å². The van der Waals surface area contributed by atoms with Crippen molar-refractivity contribution in [2.45, 2.75) is 58.3 Å². The van der Waals surface area contributed by atoms with Crippen LogP contribution in [0.4, 0.5) is 0 Å². The summed E-state index contributed by atoms with van der Waals surface area (Å²) in [6.45, 7) is 1.49. The van der Waals surface area contributed by atoms with Crippen LogP contribution in [-0.4, -0.2) is 23.5 Å². The molecule has 0 aromatic rings. The summed E-state index contributed by atoms with van der Waals surface area (Å²) in [7, 11) is 0. The van der Waals surface area contributed by atoms with Crippen molar-refractivity contribution < 1.29 is 14.7 Å². The van der Waals surface area contributed by atoms with Gasteiger partial charge in [-0.3, -0.25) is 14.9 Å². The van der Waals surface area contributed by atoms with E-state index in [0.717, 1.165) is 38.5 Å². The van der Waals surface area contributed by atoms with E-state index in [2.05, 4.69) is 66.9 Å². The quantitative estimate of drug-likeness (QED) is 0.353. The standard InChI is InChI=1S/C22H33NO3/c1-2-3-4-5-6-7-8-9-10-11-12-13-14-15-16-17-18-19-21(25)23-22(26)20-24/h3-4,6-7,9-10,12-13,15-16,24H,2,5,8,11,14,17-20H2,1H3,(H,23,25,26)/b4-3-,7-6-,10-9-,13-12-,16-15-. The van der Waals surface area contributed by atoms with Crippen LogP contribution in [0.3, 0.4) is 0 Å². The molecule has 0 radical (unpaired) electrons. The second kappa shape index (κ2) is 19.1. The topological polar surface area (TPSA) is 66.4 Å². The lowest BCUT2D eigenvalue weighted by Gasteiger charge is -2.00. The lowest BCUT2D eigenvalue weighted by Crippen LogP contribution is -2.32. The Labute approximate surface area is 158 Å². The van der Waals surface area contributed by atoms with Gasteiger partial charge in [0.05, 0.1) is 0 Å². The number of aliphatic hydroxyl groups is 1. The molecule has 2 N–H and O–H groups in total. The largest absolute Gasteiger partial charge is 0.387 e. The molecule has 0 atom stereocenters. The zero-order valence-corrected chi connectivity index (χ0v) is 15.9. The van der Waals surface area contributed by atoms with E-state index in [1.54, 1.807) is 0 Å². The monoisotopic (exact) mass is 359 g/mol. The van der Waals surface area contributed by atoms with Gasteiger partial charge in [0.25, 0.3) is 5.91 Å². The van der Waals surface area contributed by atoms with E-state index >= 15 is 0 Å². The minimum Gasteiger partial charge on any atom is -0.387 e. The van der Waals surface area contributed by atoms with Crippen LogP contribution < -0.4 is 5.32 Å². The molecular formula is C22H33NO3. The minimum absolute atomic E-state index is 0.292. The van der Waals surface area contributed by atoms with Gasteiger partial charge in [-0.15, -0.1) is 0 Å². The molecule has 0 bridgehead atoms. The first-order valence-electron chi connectivity index (χ1n) is 9.39. The molecule has 0 fully saturated rings. The molecule has 0 aromatic carbocycles. The normalized spacial score (nSPS) is 12.4. The highest BCUT2D eigenvalue weighted by atomic mass is 16.3. The number of unbranched alkanes of at least 4 members (excludes halogenated alkanes) is 1. The first-order valence-corrected chi connectivity index (χ1v) is 9.39. The molecule has 0 rings (SSSR count). The predicted octanol–water partition coefficient (Wildman–Crippen LogP) is 4.54. The Morgan fingerprint density at radius 2 is 1.19 bits per heavy atom. The first kappa shape index (κ1) is 23.8. The molecule has 0 aliphatic heterocycles. The van der Waals surface area contributed by atoms with Gasteiger partial charge < -0.3 is 5.11 Å². The first-order chi connectivity index (χ1) is 12.7. The summed E-state index contributed by atoms with van der Waals surface area (Å²) >= 11 is 0. The fourth-order valence-electron chi connectivity index (χ4n) is 2.01. The van der Waals surface area contributed by atoms with Crippen LogP contribution >= 0.6 is 0 Å². The van der Waals surface area contributed by atoms with Gasteiger partial charge in [0.2, 0.25) is 5.91 Å². The van der Waals surface area contributed by atoms with E-state index in [0.29, 0.717) is 12.8 Å². The van der Waals surface area contributed by atoms with Gasteiger partial charge in [-0.2, -0.15) is 0 Å². The van der Waals surface area contributed by atoms with Crippen molar-refractivity contribution in [2.75, 3.05) is 6.61 Å². The third-order valence-electron chi connectivity index (χ3n) is 3.35. The number of carbonyl (C=O) groups excluding carboxylic acids is 2. The number of rotatable bonds is 14. The third kappa shape index (κ3) is 18.1. The number of allylic oxidation sites excluding steroid dienone is 10. The molecule has 2 amide bonds. The van der Waals surface area contributed by atoms with Gasteiger partial charge in [-0.1, -0.05) is 67.7 Å². The Balaban J connectivity index is 3.55. The number of aliphatic hydroxyl groups excluding tert-OH is 1. The summed E-state index contributed by atoms with van der Waals surface area (Å²) in [6, 6.07) is 0. The summed E-state index contributed by atoms with van der Waals surface area (Å²) in [6.07, 6.45) is 28.1. The molecule has 0 aromatic heterocycles. The predicted molar refractivity (Wildman–Crippen MR) is 109 cm³/mol. The van der Waals surface area contributed by atoms with Gasteiger partial charge in [-0.05, 0) is 44.9 Å². The maximum atomic E-state index is 11.3. The van der Waals surface area contributed by atoms with Gasteiger partial charge in [0.15, 0.2) is 0 Å². The molecule has 0 aliphatic carbocycles. The highest BCUT2D eigenvalue weighted by Gasteiger charge is 2.04. The summed E-state index contributed by atoms with van der Waals surface area (Å²) in [5, 5.41) is 10.6. The highest BCUT2D eigenvalue weighted by molar-refractivity contribution is 5.95. The van der Waals surface area contributed by atoms with Crippen LogP contribution in [0.1, 0.15) is 58.3 Å². The Morgan fingerprint density at radius 1 is 0.731 bits per heavy atom. The maximum Gasteiger partial charge on any atom is 0.252 e. The highest BCUT2D eigenvalue weighted by Crippen LogP contribution is 1.99. The van der Waals surface area contributed by atoms with E-state index < -0.39 is 12.5 Å². The van der Waals surface area contributed by atoms with Gasteiger partial charge in [0, 0.05) is 6.42 Å². The fourth-order valence-corrected chi connectivity index (χ4v) is 2.01. The van der Waals surface area contributed by atoms with E-state index in [1.165, 1.54) is 0 Å². The van der Waals surface area contributed by atoms with Crippen molar-refractivity contribution in [3.63, 3.8) is 0 Å². The van der Waals surface area contributed by atoms with Crippen LogP contribution in [0.5, 0.6) is 0 Å². The number of imide groups is 1. The van der Waals surface area contributed by atoms with Crippen molar-refractivity contribution in [1.29, 1.82) is 0 Å². The zero-order chi connectivity index (χ0) is 19.3. The molecule has 0 saturated heterocycles. The Hall–Kier alpha value is -2.20. The Kier molecular flexibility index (Phi) is 17.5. The number of hydrogen-bond acceptors (Lipinski definition) is 3. The van der Waals surface area contributed by atoms with E-state index in [-0.39, 0.29) is 5.91 Å². The average molecular weight is 360 g/mol. The van der Waals surface area contributed by atoms with Crippen molar-refractivity contribution >= 4 is 11.8 Å². The maximum absolute atomic E-state index is 11.3. The minimum atomic E-state index is -0.652. The Morgan fingerprint density at radius 3 is 1.65 bits per heavy atom. The Bertz CT molecular complexity index is 513. The van der Waals surface area contributed by atoms with Crippen LogP contribution in [0, 0.1) is 0 Å². The molecule has 26 heavy (non-hydrogen) atoms. The third-order valence-corrected chi connectivity index (χ3v) is 3.35. The van der Waals surface area contributed by atoms with Crippen LogP contribution in [0.15, 0.2) is 60.8 Å². The lowest BCUT2D eigenvalue weighted by molar-refractivity contribution is -0.132. The summed E-state index contributed by atoms with van der Waals surface area (Å²) in [5.41, 5.74) is 0. The van der Waals surface area contributed by atoms with Crippen LogP contribution in [0.25, 0.3) is 0 Å². The molecule has 0 spiro atoms. The second-order valence-corrected chi connectivity index (χ2v) is 5.73. The van der Waals surface area contributed by atoms with Crippen molar-refractivity contribution in [2.24, 2.45) is 0 Å². The molecular weight excluding hydrogens is 326 g/mol. The van der Waals surface area contributed by atoms with Crippen LogP contribution in [0.2, 0.25) is 0 Å². The van der Waals surface area contributed by atoms with E-state index in [1.807, 2.05) is 6.08 Å². The van der Waals surface area contributed by atoms with Crippen molar-refractivity contribution in [1.82, 2.24) is 5.32 Å². The number of amides is 2. The number of hydrogen-bond donors (Lipinski definition) is 2. The molecule has 4 nitrogen and oxygen atoms in total. The molecule has 0 unspecified atom stereocenters. The fraction of sp³-hybridized carbons (Fsp3) is 0.455. The van der Waals surface area contributed by atoms with Crippen molar-refractivity contribution in [3.05, 3.63) is 60.8 Å². The molecule has 4 heteroatoms. The molecule has 0 aliphatic rings. The van der Waals surface area contributed by atoms with E-state index in [4.69, 9.17) is 5.11 Å². The average Bonchev–Trinajstić information content (AvgIpc) is 2.64. The SMILES string of the molecule is CC/C=C\C/C=C\C/C=C\C/C=C\C/C=C\CCCC(=O)NC(=O)CO. The van der Waals surface area contributed by atoms with Gasteiger partial charge >= 0.3 is 0 Å². The smallest absolute Gasteiger partial charge is 0.252 e. The molecule has 0 saturated carbocycles. The summed E-state index contributed by atoms with van der Waals surface area (Å²) in [4.78, 5) is 22.1. The van der Waals surface area contributed by atoms with E-state index in [9.17, 15) is 9.59 Å². The number of nitrogens with one attached hydrogen (secondary N) is 1. The lowest BCUT2D eigenvalue weighted by atomic mass is 10.2. The molecule has 144 valence electrons. The summed E-state index contributed by atoms with van der Waals surface area (Å²) < 4.78 is 0.